The molecule has 1 fully saturated rings. The third kappa shape index (κ3) is 2.30. The molecular weight excluding hydrogens is 282 g/mol. The summed E-state index contributed by atoms with van der Waals surface area (Å²) in [5.41, 5.74) is 2.17. The molecule has 2 aliphatic rings. The lowest BCUT2D eigenvalue weighted by Gasteiger charge is -2.42. The van der Waals surface area contributed by atoms with Gasteiger partial charge >= 0.3 is 0 Å². The van der Waals surface area contributed by atoms with Crippen LogP contribution in [0.4, 0.5) is 5.69 Å². The Morgan fingerprint density at radius 2 is 1.90 bits per heavy atom. The summed E-state index contributed by atoms with van der Waals surface area (Å²) >= 11 is 0. The highest BCUT2D eigenvalue weighted by Gasteiger charge is 2.38. The Balaban J connectivity index is 1.68. The van der Waals surface area contributed by atoms with Gasteiger partial charge in [-0.05, 0) is 11.1 Å². The van der Waals surface area contributed by atoms with Crippen molar-refractivity contribution in [3.63, 3.8) is 0 Å². The van der Waals surface area contributed by atoms with E-state index in [4.69, 9.17) is 0 Å². The number of nitro benzene ring substituents is 1. The van der Waals surface area contributed by atoms with E-state index in [1.807, 2.05) is 0 Å². The molecule has 0 bridgehead atoms. The molecule has 8 heteroatoms. The first-order valence-corrected chi connectivity index (χ1v) is 8.15. The van der Waals surface area contributed by atoms with Gasteiger partial charge in [-0.15, -0.1) is 0 Å². The second kappa shape index (κ2) is 4.51. The molecule has 0 unspecified atom stereocenters. The number of hydrogen-bond acceptors (Lipinski definition) is 5. The van der Waals surface area contributed by atoms with Gasteiger partial charge in [-0.3, -0.25) is 15.0 Å². The average Bonchev–Trinajstić information content (AvgIpc) is 2.66. The van der Waals surface area contributed by atoms with Crippen LogP contribution in [0.2, 0.25) is 0 Å². The zero-order chi connectivity index (χ0) is 14.5. The fourth-order valence-corrected chi connectivity index (χ4v) is 3.58. The lowest BCUT2D eigenvalue weighted by atomic mass is 10.1. The van der Waals surface area contributed by atoms with E-state index in [1.54, 1.807) is 12.1 Å². The van der Waals surface area contributed by atoms with Gasteiger partial charge in [-0.2, -0.15) is 4.31 Å². The normalized spacial score (nSPS) is 20.6. The number of nitro groups is 1. The van der Waals surface area contributed by atoms with Gasteiger partial charge in [0.05, 0.1) is 11.2 Å². The maximum Gasteiger partial charge on any atom is 0.269 e. The largest absolute Gasteiger partial charge is 0.289 e. The predicted molar refractivity (Wildman–Crippen MR) is 72.5 cm³/mol. The Hall–Kier alpha value is -1.51. The van der Waals surface area contributed by atoms with Crippen LogP contribution < -0.4 is 0 Å². The number of non-ortho nitro benzene ring substituents is 1. The molecule has 2 aliphatic heterocycles. The van der Waals surface area contributed by atoms with Gasteiger partial charge in [-0.25, -0.2) is 8.42 Å². The van der Waals surface area contributed by atoms with Crippen molar-refractivity contribution in [1.82, 2.24) is 9.21 Å². The zero-order valence-electron chi connectivity index (χ0n) is 11.0. The minimum absolute atomic E-state index is 0.108. The molecule has 0 atom stereocenters. The highest BCUT2D eigenvalue weighted by molar-refractivity contribution is 7.88. The lowest BCUT2D eigenvalue weighted by molar-refractivity contribution is -0.384. The summed E-state index contributed by atoms with van der Waals surface area (Å²) < 4.78 is 24.1. The molecule has 0 saturated carbocycles. The molecule has 0 N–H and O–H groups in total. The van der Waals surface area contributed by atoms with E-state index in [0.717, 1.165) is 17.7 Å². The molecule has 7 nitrogen and oxygen atoms in total. The van der Waals surface area contributed by atoms with Crippen molar-refractivity contribution >= 4 is 15.7 Å². The standard InChI is InChI=1S/C12H15N3O4S/c1-20(18,19)14-7-12(8-14)13-5-9-2-3-11(15(16)17)4-10(9)6-13/h2-4,12H,5-8H2,1H3. The molecule has 20 heavy (non-hydrogen) atoms. The Kier molecular flexibility index (Phi) is 3.03. The van der Waals surface area contributed by atoms with Crippen LogP contribution in [0.1, 0.15) is 11.1 Å². The van der Waals surface area contributed by atoms with Gasteiger partial charge in [0.15, 0.2) is 0 Å². The van der Waals surface area contributed by atoms with E-state index in [0.29, 0.717) is 19.6 Å². The lowest BCUT2D eigenvalue weighted by Crippen LogP contribution is -2.59. The van der Waals surface area contributed by atoms with Crippen LogP contribution in [0, 0.1) is 10.1 Å². The van der Waals surface area contributed by atoms with E-state index in [1.165, 1.54) is 16.6 Å². The number of benzene rings is 1. The van der Waals surface area contributed by atoms with Crippen molar-refractivity contribution in [2.75, 3.05) is 19.3 Å². The maximum atomic E-state index is 11.3. The molecule has 1 aromatic carbocycles. The number of rotatable bonds is 3. The zero-order valence-corrected chi connectivity index (χ0v) is 11.8. The summed E-state index contributed by atoms with van der Waals surface area (Å²) in [6.45, 7) is 2.40. The average molecular weight is 297 g/mol. The Labute approximate surface area is 117 Å². The fraction of sp³-hybridized carbons (Fsp3) is 0.500. The van der Waals surface area contributed by atoms with Gasteiger partial charge in [-0.1, -0.05) is 6.07 Å². The molecule has 0 aliphatic carbocycles. The molecule has 108 valence electrons. The molecular formula is C12H15N3O4S. The van der Waals surface area contributed by atoms with E-state index in [-0.39, 0.29) is 11.7 Å². The molecule has 2 heterocycles. The van der Waals surface area contributed by atoms with Crippen LogP contribution in [0.5, 0.6) is 0 Å². The van der Waals surface area contributed by atoms with Crippen LogP contribution >= 0.6 is 0 Å². The molecule has 1 saturated heterocycles. The molecule has 3 rings (SSSR count). The van der Waals surface area contributed by atoms with Gasteiger partial charge in [0.25, 0.3) is 5.69 Å². The van der Waals surface area contributed by atoms with Crippen molar-refractivity contribution < 1.29 is 13.3 Å². The highest BCUT2D eigenvalue weighted by atomic mass is 32.2. The van der Waals surface area contributed by atoms with Crippen molar-refractivity contribution in [2.45, 2.75) is 19.1 Å². The van der Waals surface area contributed by atoms with Crippen LogP contribution in [-0.2, 0) is 23.1 Å². The quantitative estimate of drug-likeness (QED) is 0.601. The summed E-state index contributed by atoms with van der Waals surface area (Å²) in [7, 11) is -3.10. The first-order valence-electron chi connectivity index (χ1n) is 6.30. The summed E-state index contributed by atoms with van der Waals surface area (Å²) in [6, 6.07) is 5.13. The number of sulfonamides is 1. The van der Waals surface area contributed by atoms with Gasteiger partial charge in [0.1, 0.15) is 0 Å². The second-order valence-electron chi connectivity index (χ2n) is 5.35. The molecule has 0 radical (unpaired) electrons. The topological polar surface area (TPSA) is 83.8 Å². The number of hydrogen-bond donors (Lipinski definition) is 0. The van der Waals surface area contributed by atoms with Crippen molar-refractivity contribution in [3.05, 3.63) is 39.4 Å². The van der Waals surface area contributed by atoms with Crippen molar-refractivity contribution in [3.8, 4) is 0 Å². The minimum atomic E-state index is -3.10. The van der Waals surface area contributed by atoms with E-state index < -0.39 is 14.9 Å². The highest BCUT2D eigenvalue weighted by Crippen LogP contribution is 2.30. The summed E-state index contributed by atoms with van der Waals surface area (Å²) in [6.07, 6.45) is 1.21. The van der Waals surface area contributed by atoms with Gasteiger partial charge in [0.2, 0.25) is 10.0 Å². The second-order valence-corrected chi connectivity index (χ2v) is 7.33. The van der Waals surface area contributed by atoms with Crippen molar-refractivity contribution in [2.24, 2.45) is 0 Å². The number of fused-ring (bicyclic) bond motifs is 1. The van der Waals surface area contributed by atoms with Crippen molar-refractivity contribution in [1.29, 1.82) is 0 Å². The smallest absolute Gasteiger partial charge is 0.269 e. The molecule has 0 spiro atoms. The minimum Gasteiger partial charge on any atom is -0.289 e. The van der Waals surface area contributed by atoms with E-state index >= 15 is 0 Å². The third-order valence-corrected chi connectivity index (χ3v) is 5.20. The number of nitrogens with zero attached hydrogens (tertiary/aromatic N) is 3. The Bertz CT molecular complexity index is 667. The molecule has 0 amide bonds. The van der Waals surface area contributed by atoms with Crippen LogP contribution in [-0.4, -0.2) is 47.9 Å². The van der Waals surface area contributed by atoms with Crippen LogP contribution in [0.15, 0.2) is 18.2 Å². The summed E-state index contributed by atoms with van der Waals surface area (Å²) in [5.74, 6) is 0. The van der Waals surface area contributed by atoms with Gasteiger partial charge < -0.3 is 0 Å². The van der Waals surface area contributed by atoms with Crippen LogP contribution in [0.25, 0.3) is 0 Å². The maximum absolute atomic E-state index is 11.3. The Morgan fingerprint density at radius 3 is 2.50 bits per heavy atom. The van der Waals surface area contributed by atoms with Gasteiger partial charge in [0, 0.05) is 44.4 Å². The first-order chi connectivity index (χ1) is 9.34. The molecule has 0 aromatic heterocycles. The summed E-state index contributed by atoms with van der Waals surface area (Å²) in [4.78, 5) is 12.5. The monoisotopic (exact) mass is 297 g/mol. The SMILES string of the molecule is CS(=O)(=O)N1CC(N2Cc3ccc([N+](=O)[O-])cc3C2)C1. The third-order valence-electron chi connectivity index (χ3n) is 3.96. The fourth-order valence-electron chi connectivity index (χ4n) is 2.70. The van der Waals surface area contributed by atoms with E-state index in [9.17, 15) is 18.5 Å². The first kappa shape index (κ1) is 13.5. The Morgan fingerprint density at radius 1 is 1.25 bits per heavy atom. The molecule has 1 aromatic rings. The van der Waals surface area contributed by atoms with E-state index in [2.05, 4.69) is 4.90 Å². The van der Waals surface area contributed by atoms with Crippen LogP contribution in [0.3, 0.4) is 0 Å². The summed E-state index contributed by atoms with van der Waals surface area (Å²) in [5, 5.41) is 10.8. The predicted octanol–water partition coefficient (Wildman–Crippen LogP) is 0.554.